The first-order valence-electron chi connectivity index (χ1n) is 7.28. The number of para-hydroxylation sites is 1. The van der Waals surface area contributed by atoms with Crippen LogP contribution in [0.1, 0.15) is 23.9 Å². The molecule has 5 nitrogen and oxygen atoms in total. The molecule has 0 aliphatic carbocycles. The first-order valence-corrected chi connectivity index (χ1v) is 7.28. The van der Waals surface area contributed by atoms with Crippen LogP contribution in [0.2, 0.25) is 0 Å². The van der Waals surface area contributed by atoms with E-state index in [1.165, 1.54) is 18.2 Å². The Morgan fingerprint density at radius 2 is 2.04 bits per heavy atom. The molecule has 0 aliphatic heterocycles. The molecule has 0 bridgehead atoms. The fraction of sp³-hybridized carbons (Fsp3) is 0.375. The molecule has 0 saturated heterocycles. The Balaban J connectivity index is 2.06. The number of carbonyl (C=O) groups excluding carboxylic acids is 1. The third-order valence-corrected chi connectivity index (χ3v) is 3.62. The highest BCUT2D eigenvalue weighted by atomic mass is 19.4. The number of hydrogen-bond donors (Lipinski definition) is 1. The van der Waals surface area contributed by atoms with E-state index in [1.54, 1.807) is 31.9 Å². The van der Waals surface area contributed by atoms with Crippen molar-refractivity contribution in [1.29, 1.82) is 0 Å². The molecule has 1 aromatic carbocycles. The van der Waals surface area contributed by atoms with Gasteiger partial charge in [-0.2, -0.15) is 13.2 Å². The lowest BCUT2D eigenvalue weighted by Crippen LogP contribution is -2.39. The second-order valence-electron chi connectivity index (χ2n) is 5.55. The monoisotopic (exact) mass is 341 g/mol. The second kappa shape index (κ2) is 7.04. The Morgan fingerprint density at radius 3 is 2.62 bits per heavy atom. The van der Waals surface area contributed by atoms with Gasteiger partial charge in [-0.15, -0.1) is 0 Å². The van der Waals surface area contributed by atoms with E-state index in [9.17, 15) is 18.0 Å². The van der Waals surface area contributed by atoms with Gasteiger partial charge in [0.25, 0.3) is 0 Å². The van der Waals surface area contributed by atoms with Gasteiger partial charge in [-0.25, -0.2) is 0 Å². The van der Waals surface area contributed by atoms with Crippen molar-refractivity contribution in [2.45, 2.75) is 32.6 Å². The van der Waals surface area contributed by atoms with Crippen molar-refractivity contribution in [3.63, 3.8) is 0 Å². The summed E-state index contributed by atoms with van der Waals surface area (Å²) in [5, 5.41) is 6.18. The number of halogens is 3. The molecule has 1 N–H and O–H groups in total. The Labute approximate surface area is 137 Å². The Hall–Kier alpha value is -2.35. The van der Waals surface area contributed by atoms with Gasteiger partial charge in [-0.05, 0) is 33.0 Å². The first kappa shape index (κ1) is 18.0. The van der Waals surface area contributed by atoms with Crippen molar-refractivity contribution < 1.29 is 22.5 Å². The predicted octanol–water partition coefficient (Wildman–Crippen LogP) is 3.46. The second-order valence-corrected chi connectivity index (χ2v) is 5.55. The highest BCUT2D eigenvalue weighted by molar-refractivity contribution is 5.95. The van der Waals surface area contributed by atoms with Gasteiger partial charge in [0.2, 0.25) is 5.91 Å². The van der Waals surface area contributed by atoms with E-state index in [1.807, 2.05) is 0 Å². The fourth-order valence-electron chi connectivity index (χ4n) is 2.16. The summed E-state index contributed by atoms with van der Waals surface area (Å²) in [6.07, 6.45) is -4.53. The zero-order chi connectivity index (χ0) is 17.9. The number of hydrogen-bond acceptors (Lipinski definition) is 4. The zero-order valence-corrected chi connectivity index (χ0v) is 13.5. The number of carbonyl (C=O) groups is 1. The van der Waals surface area contributed by atoms with E-state index < -0.39 is 23.7 Å². The van der Waals surface area contributed by atoms with Crippen molar-refractivity contribution in [3.8, 4) is 0 Å². The normalized spacial score (nSPS) is 13.1. The molecule has 1 amide bonds. The lowest BCUT2D eigenvalue weighted by Gasteiger charge is -2.23. The maximum atomic E-state index is 13.0. The molecular weight excluding hydrogens is 323 g/mol. The molecule has 1 atom stereocenters. The third kappa shape index (κ3) is 4.35. The summed E-state index contributed by atoms with van der Waals surface area (Å²) in [5.41, 5.74) is -0.488. The maximum Gasteiger partial charge on any atom is 0.418 e. The van der Waals surface area contributed by atoms with Gasteiger partial charge in [0.15, 0.2) is 0 Å². The standard InChI is InChI=1S/C16H18F3N3O2/c1-10-8-12(21-24-10)9-22(3)11(2)15(23)20-14-7-5-4-6-13(14)16(17,18)19/h4-8,11H,9H2,1-3H3,(H,20,23). The predicted molar refractivity (Wildman–Crippen MR) is 82.2 cm³/mol. The van der Waals surface area contributed by atoms with Crippen LogP contribution in [0, 0.1) is 6.92 Å². The van der Waals surface area contributed by atoms with E-state index in [4.69, 9.17) is 4.52 Å². The average Bonchev–Trinajstić information content (AvgIpc) is 2.90. The van der Waals surface area contributed by atoms with E-state index in [-0.39, 0.29) is 5.69 Å². The maximum absolute atomic E-state index is 13.0. The van der Waals surface area contributed by atoms with Crippen LogP contribution in [0.5, 0.6) is 0 Å². The molecule has 0 spiro atoms. The molecule has 8 heteroatoms. The summed E-state index contributed by atoms with van der Waals surface area (Å²) >= 11 is 0. The molecule has 1 aromatic heterocycles. The van der Waals surface area contributed by atoms with E-state index in [0.717, 1.165) is 6.07 Å². The molecule has 0 fully saturated rings. The SMILES string of the molecule is Cc1cc(CN(C)C(C)C(=O)Nc2ccccc2C(F)(F)F)no1. The highest BCUT2D eigenvalue weighted by Gasteiger charge is 2.34. The summed E-state index contributed by atoms with van der Waals surface area (Å²) in [6.45, 7) is 3.70. The number of benzene rings is 1. The van der Waals surface area contributed by atoms with Gasteiger partial charge >= 0.3 is 6.18 Å². The molecule has 0 radical (unpaired) electrons. The lowest BCUT2D eigenvalue weighted by molar-refractivity contribution is -0.137. The number of aromatic nitrogens is 1. The molecule has 0 saturated carbocycles. The van der Waals surface area contributed by atoms with E-state index >= 15 is 0 Å². The van der Waals surface area contributed by atoms with Gasteiger partial charge in [0, 0.05) is 12.6 Å². The number of nitrogens with one attached hydrogen (secondary N) is 1. The van der Waals surface area contributed by atoms with Crippen LogP contribution in [-0.2, 0) is 17.5 Å². The largest absolute Gasteiger partial charge is 0.418 e. The summed E-state index contributed by atoms with van der Waals surface area (Å²) < 4.78 is 43.9. The minimum Gasteiger partial charge on any atom is -0.361 e. The molecular formula is C16H18F3N3O2. The number of nitrogens with zero attached hydrogens (tertiary/aromatic N) is 2. The van der Waals surface area contributed by atoms with Gasteiger partial charge in [0.05, 0.1) is 23.0 Å². The molecule has 24 heavy (non-hydrogen) atoms. The molecule has 1 unspecified atom stereocenters. The van der Waals surface area contributed by atoms with Crippen LogP contribution in [0.15, 0.2) is 34.9 Å². The van der Waals surface area contributed by atoms with Crippen LogP contribution in [0.3, 0.4) is 0 Å². The minimum absolute atomic E-state index is 0.257. The Morgan fingerprint density at radius 1 is 1.38 bits per heavy atom. The van der Waals surface area contributed by atoms with Gasteiger partial charge in [-0.1, -0.05) is 17.3 Å². The minimum atomic E-state index is -4.53. The third-order valence-electron chi connectivity index (χ3n) is 3.62. The fourth-order valence-corrected chi connectivity index (χ4v) is 2.16. The molecule has 1 heterocycles. The number of likely N-dealkylation sites (N-methyl/N-ethyl adjacent to an activating group) is 1. The summed E-state index contributed by atoms with van der Waals surface area (Å²) in [6, 6.07) is 5.97. The number of alkyl halides is 3. The van der Waals surface area contributed by atoms with E-state index in [2.05, 4.69) is 10.5 Å². The molecule has 2 aromatic rings. The van der Waals surface area contributed by atoms with Crippen molar-refractivity contribution >= 4 is 11.6 Å². The summed E-state index contributed by atoms with van der Waals surface area (Å²) in [7, 11) is 1.68. The van der Waals surface area contributed by atoms with Crippen LogP contribution >= 0.6 is 0 Å². The number of amides is 1. The summed E-state index contributed by atoms with van der Waals surface area (Å²) in [5.74, 6) is 0.115. The van der Waals surface area contributed by atoms with Gasteiger partial charge in [0.1, 0.15) is 5.76 Å². The average molecular weight is 341 g/mol. The van der Waals surface area contributed by atoms with Crippen LogP contribution in [0.25, 0.3) is 0 Å². The van der Waals surface area contributed by atoms with Crippen molar-refractivity contribution in [2.75, 3.05) is 12.4 Å². The molecule has 130 valence electrons. The lowest BCUT2D eigenvalue weighted by atomic mass is 10.1. The number of anilines is 1. The van der Waals surface area contributed by atoms with Gasteiger partial charge in [-0.3, -0.25) is 9.69 Å². The smallest absolute Gasteiger partial charge is 0.361 e. The van der Waals surface area contributed by atoms with Gasteiger partial charge < -0.3 is 9.84 Å². The van der Waals surface area contributed by atoms with E-state index in [0.29, 0.717) is 18.0 Å². The number of rotatable bonds is 5. The Kier molecular flexibility index (Phi) is 5.28. The van der Waals surface area contributed by atoms with Crippen LogP contribution < -0.4 is 5.32 Å². The first-order chi connectivity index (χ1) is 11.2. The number of aryl methyl sites for hydroxylation is 1. The zero-order valence-electron chi connectivity index (χ0n) is 13.5. The molecule has 0 aliphatic rings. The van der Waals surface area contributed by atoms with Crippen LogP contribution in [-0.4, -0.2) is 29.1 Å². The molecule has 2 rings (SSSR count). The highest BCUT2D eigenvalue weighted by Crippen LogP contribution is 2.34. The van der Waals surface area contributed by atoms with Crippen molar-refractivity contribution in [1.82, 2.24) is 10.1 Å². The topological polar surface area (TPSA) is 58.4 Å². The van der Waals surface area contributed by atoms with Crippen molar-refractivity contribution in [3.05, 3.63) is 47.3 Å². The van der Waals surface area contributed by atoms with Crippen LogP contribution in [0.4, 0.5) is 18.9 Å². The van der Waals surface area contributed by atoms with Crippen molar-refractivity contribution in [2.24, 2.45) is 0 Å². The summed E-state index contributed by atoms with van der Waals surface area (Å²) in [4.78, 5) is 13.9. The Bertz CT molecular complexity index is 713. The quantitative estimate of drug-likeness (QED) is 0.905.